The molecule has 0 radical (unpaired) electrons. The first-order valence-corrected chi connectivity index (χ1v) is 19.8. The number of hydrogen-bond acceptors (Lipinski definition) is 1. The first-order valence-electron chi connectivity index (χ1n) is 18.9. The zero-order chi connectivity index (χ0) is 29.5. The van der Waals surface area contributed by atoms with Gasteiger partial charge in [-0.25, -0.2) is 0 Å². The fraction of sp³-hybridized carbons (Fsp3) is 0.571. The predicted octanol–water partition coefficient (Wildman–Crippen LogP) is 10.6. The molecule has 0 amide bonds. The van der Waals surface area contributed by atoms with Crippen LogP contribution in [-0.2, 0) is 32.1 Å². The van der Waals surface area contributed by atoms with Crippen molar-refractivity contribution in [3.05, 3.63) is 93.6 Å². The highest BCUT2D eigenvalue weighted by Gasteiger charge is 2.52. The Kier molecular flexibility index (Phi) is 6.83. The van der Waals surface area contributed by atoms with Crippen molar-refractivity contribution >= 4 is 23.5 Å². The standard InChI is InChI=1S/C42H50N2S/c1-3-11-27(12-4-1)28-19-21-30(22-20-28)43-36-18-10-8-16-33(36)39-37(43)25-26-38-40(39)34-24-23-32-31-15-7-9-17-35(31)44(41(32)42(34)45-38)29-13-5-2-6-14-29/h2-3,5,11,19,21-24,27-29,34,38,40,42H,1,4,6-10,12-18,20,25-26H2. The van der Waals surface area contributed by atoms with Gasteiger partial charge in [0.2, 0.25) is 0 Å². The molecule has 2 aromatic heterocycles. The summed E-state index contributed by atoms with van der Waals surface area (Å²) in [5.41, 5.74) is 15.4. The van der Waals surface area contributed by atoms with Gasteiger partial charge in [-0.05, 0) is 149 Å². The second-order valence-corrected chi connectivity index (χ2v) is 17.0. The highest BCUT2D eigenvalue weighted by Crippen LogP contribution is 2.64. The molecule has 7 atom stereocenters. The number of rotatable bonds is 3. The maximum Gasteiger partial charge on any atom is 0.0528 e. The lowest BCUT2D eigenvalue weighted by Crippen LogP contribution is -2.26. The third kappa shape index (κ3) is 4.27. The summed E-state index contributed by atoms with van der Waals surface area (Å²) in [7, 11) is 0. The van der Waals surface area contributed by atoms with Crippen molar-refractivity contribution in [1.82, 2.24) is 9.13 Å². The SMILES string of the molecule is C1=CC(C2C=CC(n3c4c(c5c3CCC3SC6c7c(c8c(n7C7CC=CCC7)CCCC8)C=CC6C53)CCCC4)=CC2)CCC1. The lowest BCUT2D eigenvalue weighted by Gasteiger charge is -2.33. The van der Waals surface area contributed by atoms with Gasteiger partial charge in [0.15, 0.2) is 0 Å². The van der Waals surface area contributed by atoms with Gasteiger partial charge in [-0.1, -0.05) is 48.6 Å². The number of aromatic nitrogens is 2. The normalized spacial score (nSPS) is 34.4. The maximum absolute atomic E-state index is 2.97. The van der Waals surface area contributed by atoms with Crippen molar-refractivity contribution < 1.29 is 0 Å². The van der Waals surface area contributed by atoms with Gasteiger partial charge in [0.1, 0.15) is 0 Å². The zero-order valence-electron chi connectivity index (χ0n) is 27.1. The van der Waals surface area contributed by atoms with Gasteiger partial charge in [0, 0.05) is 51.6 Å². The Morgan fingerprint density at radius 3 is 2.38 bits per heavy atom. The number of hydrogen-bond donors (Lipinski definition) is 0. The van der Waals surface area contributed by atoms with E-state index in [1.807, 2.05) is 5.56 Å². The van der Waals surface area contributed by atoms with Crippen molar-refractivity contribution in [1.29, 1.82) is 0 Å². The van der Waals surface area contributed by atoms with Crippen LogP contribution in [0, 0.1) is 17.8 Å². The van der Waals surface area contributed by atoms with Gasteiger partial charge in [-0.3, -0.25) is 0 Å². The maximum atomic E-state index is 2.97. The topological polar surface area (TPSA) is 9.86 Å². The summed E-state index contributed by atoms with van der Waals surface area (Å²) < 4.78 is 5.80. The first kappa shape index (κ1) is 27.7. The van der Waals surface area contributed by atoms with Crippen LogP contribution in [0.5, 0.6) is 0 Å². The number of fused-ring (bicyclic) bond motifs is 11. The molecule has 2 nitrogen and oxygen atoms in total. The monoisotopic (exact) mass is 614 g/mol. The summed E-state index contributed by atoms with van der Waals surface area (Å²) >= 11 is 2.40. The highest BCUT2D eigenvalue weighted by atomic mass is 32.2. The molecule has 1 aliphatic heterocycles. The van der Waals surface area contributed by atoms with Crippen LogP contribution < -0.4 is 0 Å². The Labute approximate surface area is 274 Å². The van der Waals surface area contributed by atoms with Crippen LogP contribution in [0.4, 0.5) is 0 Å². The van der Waals surface area contributed by atoms with Crippen LogP contribution in [0.2, 0.25) is 0 Å². The van der Waals surface area contributed by atoms with Crippen LogP contribution in [0.15, 0.2) is 48.6 Å². The molecule has 234 valence electrons. The van der Waals surface area contributed by atoms with Crippen molar-refractivity contribution in [2.24, 2.45) is 17.8 Å². The molecule has 8 aliphatic rings. The second-order valence-electron chi connectivity index (χ2n) is 15.6. The van der Waals surface area contributed by atoms with E-state index >= 15 is 0 Å². The van der Waals surface area contributed by atoms with Crippen LogP contribution >= 0.6 is 11.8 Å². The van der Waals surface area contributed by atoms with Crippen LogP contribution in [0.3, 0.4) is 0 Å². The van der Waals surface area contributed by atoms with E-state index in [0.717, 1.165) is 11.2 Å². The van der Waals surface area contributed by atoms with Gasteiger partial charge >= 0.3 is 0 Å². The van der Waals surface area contributed by atoms with Crippen molar-refractivity contribution in [2.75, 3.05) is 0 Å². The van der Waals surface area contributed by atoms with Gasteiger partial charge in [-0.15, -0.1) is 11.8 Å². The molecular formula is C42H50N2S. The van der Waals surface area contributed by atoms with Crippen LogP contribution in [0.1, 0.15) is 139 Å². The van der Waals surface area contributed by atoms with Crippen molar-refractivity contribution in [2.45, 2.75) is 132 Å². The summed E-state index contributed by atoms with van der Waals surface area (Å²) in [5, 5.41) is 1.39. The summed E-state index contributed by atoms with van der Waals surface area (Å²) in [5.74, 6) is 2.75. The lowest BCUT2D eigenvalue weighted by atomic mass is 9.72. The van der Waals surface area contributed by atoms with E-state index in [9.17, 15) is 0 Å². The van der Waals surface area contributed by atoms with E-state index in [2.05, 4.69) is 75.6 Å². The molecule has 45 heavy (non-hydrogen) atoms. The zero-order valence-corrected chi connectivity index (χ0v) is 27.9. The largest absolute Gasteiger partial charge is 0.343 e. The second kappa shape index (κ2) is 11.1. The molecule has 0 spiro atoms. The van der Waals surface area contributed by atoms with E-state index in [1.54, 1.807) is 39.5 Å². The van der Waals surface area contributed by atoms with E-state index in [0.29, 0.717) is 29.0 Å². The molecule has 2 aromatic rings. The van der Waals surface area contributed by atoms with Gasteiger partial charge in [0.25, 0.3) is 0 Å². The van der Waals surface area contributed by atoms with Crippen molar-refractivity contribution in [3.8, 4) is 0 Å². The fourth-order valence-electron chi connectivity index (χ4n) is 11.3. The molecule has 0 N–H and O–H groups in total. The Hall–Kier alpha value is -2.39. The number of thioether (sulfide) groups is 1. The van der Waals surface area contributed by atoms with E-state index in [-0.39, 0.29) is 0 Å². The van der Waals surface area contributed by atoms with Gasteiger partial charge in [0.05, 0.1) is 5.25 Å². The number of allylic oxidation sites excluding steroid dienone is 9. The summed E-state index contributed by atoms with van der Waals surface area (Å²) in [4.78, 5) is 0. The minimum absolute atomic E-state index is 0.628. The molecule has 10 rings (SSSR count). The van der Waals surface area contributed by atoms with E-state index in [1.165, 1.54) is 115 Å². The fourth-order valence-corrected chi connectivity index (χ4v) is 13.2. The Bertz CT molecular complexity index is 1670. The molecule has 3 heterocycles. The molecule has 0 aromatic carbocycles. The quantitative estimate of drug-likeness (QED) is 0.313. The minimum atomic E-state index is 0.628. The molecular weight excluding hydrogens is 565 g/mol. The minimum Gasteiger partial charge on any atom is -0.343 e. The average molecular weight is 615 g/mol. The molecule has 1 fully saturated rings. The number of nitrogens with zero attached hydrogens (tertiary/aromatic N) is 2. The molecule has 3 heteroatoms. The van der Waals surface area contributed by atoms with Crippen molar-refractivity contribution in [3.63, 3.8) is 0 Å². The van der Waals surface area contributed by atoms with Crippen LogP contribution in [-0.4, -0.2) is 14.4 Å². The molecule has 1 saturated heterocycles. The third-order valence-electron chi connectivity index (χ3n) is 13.3. The molecule has 7 unspecified atom stereocenters. The summed E-state index contributed by atoms with van der Waals surface area (Å²) in [6.07, 6.45) is 45.3. The first-order chi connectivity index (χ1) is 22.3. The van der Waals surface area contributed by atoms with Crippen LogP contribution in [0.25, 0.3) is 11.8 Å². The predicted molar refractivity (Wildman–Crippen MR) is 190 cm³/mol. The van der Waals surface area contributed by atoms with Gasteiger partial charge < -0.3 is 9.13 Å². The Morgan fingerprint density at radius 2 is 1.56 bits per heavy atom. The van der Waals surface area contributed by atoms with E-state index < -0.39 is 0 Å². The highest BCUT2D eigenvalue weighted by molar-refractivity contribution is 8.00. The lowest BCUT2D eigenvalue weighted by molar-refractivity contribution is 0.410. The van der Waals surface area contributed by atoms with E-state index in [4.69, 9.17) is 0 Å². The smallest absolute Gasteiger partial charge is 0.0528 e. The molecule has 0 saturated carbocycles. The molecule has 7 aliphatic carbocycles. The Morgan fingerprint density at radius 1 is 0.667 bits per heavy atom. The van der Waals surface area contributed by atoms with Gasteiger partial charge in [-0.2, -0.15) is 0 Å². The average Bonchev–Trinajstić information content (AvgIpc) is 3.77. The molecule has 0 bridgehead atoms. The Balaban J connectivity index is 1.05. The summed E-state index contributed by atoms with van der Waals surface area (Å²) in [6.45, 7) is 0. The third-order valence-corrected chi connectivity index (χ3v) is 15.0. The summed E-state index contributed by atoms with van der Waals surface area (Å²) in [6, 6.07) is 0.670.